The first kappa shape index (κ1) is 17.3. The summed E-state index contributed by atoms with van der Waals surface area (Å²) in [4.78, 5) is 23.9. The summed E-state index contributed by atoms with van der Waals surface area (Å²) in [6.45, 7) is 2.78. The fourth-order valence-electron chi connectivity index (χ4n) is 2.79. The highest BCUT2D eigenvalue weighted by molar-refractivity contribution is 5.95. The fraction of sp³-hybridized carbons (Fsp3) is 0.556. The minimum Gasteiger partial charge on any atom is -0.352 e. The Labute approximate surface area is 138 Å². The van der Waals surface area contributed by atoms with Gasteiger partial charge in [0.05, 0.1) is 0 Å². The Balaban J connectivity index is 1.79. The molecular weight excluding hydrogens is 290 g/mol. The maximum absolute atomic E-state index is 12.0. The predicted octanol–water partition coefficient (Wildman–Crippen LogP) is 3.67. The standard InChI is InChI=1S/C18H27N3O2/c1-2-3-13-19-17(22)14-9-11-16(12-10-14)21-18(23)20-15-7-5-4-6-8-15/h9-12,15H,2-8,13H2,1H3,(H,19,22)(H2,20,21,23). The second-order valence-corrected chi connectivity index (χ2v) is 6.12. The van der Waals surface area contributed by atoms with Crippen molar-refractivity contribution in [1.29, 1.82) is 0 Å². The molecule has 0 saturated heterocycles. The smallest absolute Gasteiger partial charge is 0.319 e. The highest BCUT2D eigenvalue weighted by Crippen LogP contribution is 2.17. The van der Waals surface area contributed by atoms with Crippen molar-refractivity contribution in [3.8, 4) is 0 Å². The van der Waals surface area contributed by atoms with Crippen molar-refractivity contribution < 1.29 is 9.59 Å². The average molecular weight is 317 g/mol. The highest BCUT2D eigenvalue weighted by Gasteiger charge is 2.15. The van der Waals surface area contributed by atoms with E-state index in [0.29, 0.717) is 17.8 Å². The molecule has 5 nitrogen and oxygen atoms in total. The lowest BCUT2D eigenvalue weighted by Crippen LogP contribution is -2.39. The van der Waals surface area contributed by atoms with Gasteiger partial charge in [-0.05, 0) is 43.5 Å². The molecule has 2 rings (SSSR count). The first-order valence-electron chi connectivity index (χ1n) is 8.65. The van der Waals surface area contributed by atoms with Crippen molar-refractivity contribution in [3.05, 3.63) is 29.8 Å². The lowest BCUT2D eigenvalue weighted by Gasteiger charge is -2.22. The van der Waals surface area contributed by atoms with Crippen LogP contribution >= 0.6 is 0 Å². The van der Waals surface area contributed by atoms with E-state index in [0.717, 1.165) is 25.7 Å². The summed E-state index contributed by atoms with van der Waals surface area (Å²) in [5, 5.41) is 8.71. The molecular formula is C18H27N3O2. The summed E-state index contributed by atoms with van der Waals surface area (Å²) in [5.74, 6) is -0.0725. The Morgan fingerprint density at radius 3 is 2.43 bits per heavy atom. The number of amides is 3. The van der Waals surface area contributed by atoms with Crippen LogP contribution < -0.4 is 16.0 Å². The molecule has 1 aliphatic rings. The molecule has 126 valence electrons. The van der Waals surface area contributed by atoms with E-state index in [1.165, 1.54) is 19.3 Å². The molecule has 5 heteroatoms. The van der Waals surface area contributed by atoms with Gasteiger partial charge in [-0.15, -0.1) is 0 Å². The van der Waals surface area contributed by atoms with Gasteiger partial charge in [-0.1, -0.05) is 32.6 Å². The SMILES string of the molecule is CCCCNC(=O)c1ccc(NC(=O)NC2CCCCC2)cc1. The summed E-state index contributed by atoms with van der Waals surface area (Å²) in [5.41, 5.74) is 1.31. The molecule has 3 amide bonds. The van der Waals surface area contributed by atoms with E-state index in [9.17, 15) is 9.59 Å². The number of anilines is 1. The molecule has 0 spiro atoms. The van der Waals surface area contributed by atoms with Gasteiger partial charge in [0, 0.05) is 23.8 Å². The second kappa shape index (κ2) is 9.18. The Bertz CT molecular complexity index is 508. The number of carbonyl (C=O) groups excluding carboxylic acids is 2. The maximum Gasteiger partial charge on any atom is 0.319 e. The Hall–Kier alpha value is -2.04. The molecule has 0 aromatic heterocycles. The van der Waals surface area contributed by atoms with E-state index >= 15 is 0 Å². The number of urea groups is 1. The molecule has 1 aromatic rings. The molecule has 1 saturated carbocycles. The highest BCUT2D eigenvalue weighted by atomic mass is 16.2. The number of carbonyl (C=O) groups is 2. The number of rotatable bonds is 6. The minimum atomic E-state index is -0.169. The van der Waals surface area contributed by atoms with E-state index in [1.807, 2.05) is 0 Å². The molecule has 0 unspecified atom stereocenters. The molecule has 1 aliphatic carbocycles. The number of unbranched alkanes of at least 4 members (excludes halogenated alkanes) is 1. The summed E-state index contributed by atoms with van der Waals surface area (Å²) in [6, 6.07) is 7.10. The van der Waals surface area contributed by atoms with Crippen LogP contribution in [0.25, 0.3) is 0 Å². The number of hydrogen-bond acceptors (Lipinski definition) is 2. The quantitative estimate of drug-likeness (QED) is 0.701. The number of nitrogens with one attached hydrogen (secondary N) is 3. The van der Waals surface area contributed by atoms with Crippen LogP contribution in [-0.4, -0.2) is 24.5 Å². The van der Waals surface area contributed by atoms with Crippen LogP contribution in [0.5, 0.6) is 0 Å². The predicted molar refractivity (Wildman–Crippen MR) is 92.7 cm³/mol. The molecule has 0 heterocycles. The largest absolute Gasteiger partial charge is 0.352 e. The molecule has 3 N–H and O–H groups in total. The molecule has 1 fully saturated rings. The first-order chi connectivity index (χ1) is 11.2. The van der Waals surface area contributed by atoms with E-state index in [1.54, 1.807) is 24.3 Å². The molecule has 1 aromatic carbocycles. The van der Waals surface area contributed by atoms with E-state index in [4.69, 9.17) is 0 Å². The molecule has 0 radical (unpaired) electrons. The van der Waals surface area contributed by atoms with Gasteiger partial charge in [-0.25, -0.2) is 4.79 Å². The van der Waals surface area contributed by atoms with Gasteiger partial charge in [0.15, 0.2) is 0 Å². The Morgan fingerprint density at radius 1 is 1.09 bits per heavy atom. The van der Waals surface area contributed by atoms with Gasteiger partial charge in [-0.3, -0.25) is 4.79 Å². The van der Waals surface area contributed by atoms with Gasteiger partial charge in [0.1, 0.15) is 0 Å². The van der Waals surface area contributed by atoms with Crippen LogP contribution in [0.4, 0.5) is 10.5 Å². The third-order valence-electron chi connectivity index (χ3n) is 4.16. The molecule has 0 aliphatic heterocycles. The van der Waals surface area contributed by atoms with E-state index in [2.05, 4.69) is 22.9 Å². The summed E-state index contributed by atoms with van der Waals surface area (Å²) < 4.78 is 0. The molecule has 0 bridgehead atoms. The average Bonchev–Trinajstić information content (AvgIpc) is 2.56. The monoisotopic (exact) mass is 317 g/mol. The minimum absolute atomic E-state index is 0.0725. The van der Waals surface area contributed by atoms with Gasteiger partial charge in [0.25, 0.3) is 5.91 Å². The summed E-state index contributed by atoms with van der Waals surface area (Å²) in [6.07, 6.45) is 7.79. The summed E-state index contributed by atoms with van der Waals surface area (Å²) >= 11 is 0. The first-order valence-corrected chi connectivity index (χ1v) is 8.65. The van der Waals surface area contributed by atoms with Crippen molar-refractivity contribution in [2.75, 3.05) is 11.9 Å². The van der Waals surface area contributed by atoms with Gasteiger partial charge >= 0.3 is 6.03 Å². The lowest BCUT2D eigenvalue weighted by molar-refractivity contribution is 0.0953. The van der Waals surface area contributed by atoms with Crippen LogP contribution in [0.1, 0.15) is 62.2 Å². The zero-order valence-corrected chi connectivity index (χ0v) is 13.9. The van der Waals surface area contributed by atoms with Crippen molar-refractivity contribution in [1.82, 2.24) is 10.6 Å². The van der Waals surface area contributed by atoms with Crippen molar-refractivity contribution in [2.24, 2.45) is 0 Å². The van der Waals surface area contributed by atoms with Crippen molar-refractivity contribution in [2.45, 2.75) is 57.9 Å². The third kappa shape index (κ3) is 5.93. The Kier molecular flexibility index (Phi) is 6.91. The van der Waals surface area contributed by atoms with Gasteiger partial charge < -0.3 is 16.0 Å². The van der Waals surface area contributed by atoms with Crippen molar-refractivity contribution >= 4 is 17.6 Å². The second-order valence-electron chi connectivity index (χ2n) is 6.12. The number of benzene rings is 1. The summed E-state index contributed by atoms with van der Waals surface area (Å²) in [7, 11) is 0. The lowest BCUT2D eigenvalue weighted by atomic mass is 9.96. The zero-order valence-electron chi connectivity index (χ0n) is 13.9. The zero-order chi connectivity index (χ0) is 16.5. The van der Waals surface area contributed by atoms with E-state index in [-0.39, 0.29) is 18.0 Å². The van der Waals surface area contributed by atoms with Crippen LogP contribution in [-0.2, 0) is 0 Å². The van der Waals surface area contributed by atoms with Crippen molar-refractivity contribution in [3.63, 3.8) is 0 Å². The number of hydrogen-bond donors (Lipinski definition) is 3. The van der Waals surface area contributed by atoms with Crippen LogP contribution in [0.2, 0.25) is 0 Å². The van der Waals surface area contributed by atoms with Crippen LogP contribution in [0.15, 0.2) is 24.3 Å². The maximum atomic E-state index is 12.0. The normalized spacial score (nSPS) is 15.0. The molecule has 0 atom stereocenters. The topological polar surface area (TPSA) is 70.2 Å². The van der Waals surface area contributed by atoms with Gasteiger partial charge in [0.2, 0.25) is 0 Å². The van der Waals surface area contributed by atoms with Gasteiger partial charge in [-0.2, -0.15) is 0 Å². The van der Waals surface area contributed by atoms with E-state index < -0.39 is 0 Å². The van der Waals surface area contributed by atoms with Crippen LogP contribution in [0.3, 0.4) is 0 Å². The van der Waals surface area contributed by atoms with Crippen LogP contribution in [0, 0.1) is 0 Å². The molecule has 23 heavy (non-hydrogen) atoms. The third-order valence-corrected chi connectivity index (χ3v) is 4.16. The fourth-order valence-corrected chi connectivity index (χ4v) is 2.79. The Morgan fingerprint density at radius 2 is 1.78 bits per heavy atom.